The molecule has 0 spiro atoms. The molecule has 0 atom stereocenters. The van der Waals surface area contributed by atoms with Crippen LogP contribution in [0.15, 0.2) is 36.7 Å². The maximum atomic E-state index is 13.3. The quantitative estimate of drug-likeness (QED) is 0.699. The second-order valence-electron chi connectivity index (χ2n) is 7.03. The van der Waals surface area contributed by atoms with E-state index in [1.165, 1.54) is 30.6 Å². The molecule has 10 heteroatoms. The molecule has 1 amide bonds. The number of aliphatic hydroxyl groups is 1. The number of fused-ring (bicyclic) bond motifs is 1. The zero-order chi connectivity index (χ0) is 20.6. The number of alkyl halides is 3. The van der Waals surface area contributed by atoms with Crippen LogP contribution >= 0.6 is 0 Å². The molecule has 7 nitrogen and oxygen atoms in total. The molecule has 0 saturated heterocycles. The number of hydrogen-bond donors (Lipinski definition) is 2. The van der Waals surface area contributed by atoms with E-state index in [2.05, 4.69) is 20.4 Å². The summed E-state index contributed by atoms with van der Waals surface area (Å²) in [5.74, 6) is -0.423. The van der Waals surface area contributed by atoms with Gasteiger partial charge in [-0.3, -0.25) is 4.79 Å². The summed E-state index contributed by atoms with van der Waals surface area (Å²) in [7, 11) is 0. The molecule has 1 fully saturated rings. The number of hydrogen-bond acceptors (Lipinski definition) is 5. The third-order valence-electron chi connectivity index (χ3n) is 4.98. The molecule has 1 aliphatic carbocycles. The topological polar surface area (TPSA) is 92.9 Å². The van der Waals surface area contributed by atoms with Crippen LogP contribution in [0.4, 0.5) is 13.2 Å². The van der Waals surface area contributed by atoms with E-state index in [1.54, 1.807) is 6.07 Å². The molecule has 152 valence electrons. The van der Waals surface area contributed by atoms with Gasteiger partial charge in [0, 0.05) is 23.8 Å². The lowest BCUT2D eigenvalue weighted by Gasteiger charge is -2.26. The van der Waals surface area contributed by atoms with Crippen LogP contribution < -0.4 is 5.32 Å². The summed E-state index contributed by atoms with van der Waals surface area (Å²) in [6, 6.07) is 5.91. The third kappa shape index (κ3) is 3.93. The van der Waals surface area contributed by atoms with E-state index >= 15 is 0 Å². The van der Waals surface area contributed by atoms with Crippen molar-refractivity contribution in [2.45, 2.75) is 44.0 Å². The van der Waals surface area contributed by atoms with Gasteiger partial charge in [-0.2, -0.15) is 23.0 Å². The number of aliphatic hydroxyl groups excluding tert-OH is 1. The maximum absolute atomic E-state index is 13.3. The predicted octanol–water partition coefficient (Wildman–Crippen LogP) is 2.87. The Morgan fingerprint density at radius 1 is 1.10 bits per heavy atom. The fourth-order valence-corrected chi connectivity index (χ4v) is 3.46. The summed E-state index contributed by atoms with van der Waals surface area (Å²) in [5, 5.41) is 16.0. The Bertz CT molecular complexity index is 1020. The number of rotatable bonds is 3. The van der Waals surface area contributed by atoms with Crippen molar-refractivity contribution in [3.63, 3.8) is 0 Å². The number of nitrogens with zero attached hydrogens (tertiary/aromatic N) is 4. The molecule has 0 aliphatic heterocycles. The smallest absolute Gasteiger partial charge is 0.393 e. The van der Waals surface area contributed by atoms with Gasteiger partial charge in [-0.25, -0.2) is 9.97 Å². The van der Waals surface area contributed by atoms with Crippen LogP contribution in [0.1, 0.15) is 41.7 Å². The second kappa shape index (κ2) is 7.43. The first-order valence-corrected chi connectivity index (χ1v) is 9.19. The summed E-state index contributed by atoms with van der Waals surface area (Å²) >= 11 is 0. The average molecular weight is 405 g/mol. The number of halogens is 3. The first-order chi connectivity index (χ1) is 13.8. The van der Waals surface area contributed by atoms with E-state index < -0.39 is 11.9 Å². The van der Waals surface area contributed by atoms with E-state index in [9.17, 15) is 23.1 Å². The minimum atomic E-state index is -4.61. The SMILES string of the molecule is O=C(NC1CCC(O)CC1)c1cnc(-n2nc(C(F)(F)F)c3ccccc32)nc1. The molecular weight excluding hydrogens is 387 g/mol. The highest BCUT2D eigenvalue weighted by Crippen LogP contribution is 2.34. The van der Waals surface area contributed by atoms with Gasteiger partial charge in [-0.15, -0.1) is 0 Å². The van der Waals surface area contributed by atoms with Crippen LogP contribution in [0.5, 0.6) is 0 Å². The van der Waals surface area contributed by atoms with E-state index in [-0.39, 0.29) is 40.5 Å². The summed E-state index contributed by atoms with van der Waals surface area (Å²) in [6.45, 7) is 0. The lowest BCUT2D eigenvalue weighted by molar-refractivity contribution is -0.140. The third-order valence-corrected chi connectivity index (χ3v) is 4.98. The first-order valence-electron chi connectivity index (χ1n) is 9.19. The van der Waals surface area contributed by atoms with Crippen molar-refractivity contribution >= 4 is 16.8 Å². The molecule has 0 bridgehead atoms. The van der Waals surface area contributed by atoms with E-state index in [0.29, 0.717) is 25.7 Å². The summed E-state index contributed by atoms with van der Waals surface area (Å²) in [5.41, 5.74) is -0.594. The monoisotopic (exact) mass is 405 g/mol. The van der Waals surface area contributed by atoms with Crippen molar-refractivity contribution in [3.8, 4) is 5.95 Å². The van der Waals surface area contributed by atoms with Gasteiger partial charge in [0.05, 0.1) is 17.2 Å². The zero-order valence-corrected chi connectivity index (χ0v) is 15.2. The minimum Gasteiger partial charge on any atom is -0.393 e. The van der Waals surface area contributed by atoms with Crippen LogP contribution in [-0.4, -0.2) is 42.9 Å². The maximum Gasteiger partial charge on any atom is 0.435 e. The van der Waals surface area contributed by atoms with Gasteiger partial charge in [0.1, 0.15) is 0 Å². The van der Waals surface area contributed by atoms with Crippen molar-refractivity contribution in [3.05, 3.63) is 47.9 Å². The Hall–Kier alpha value is -3.01. The van der Waals surface area contributed by atoms with Gasteiger partial charge in [0.25, 0.3) is 11.9 Å². The van der Waals surface area contributed by atoms with Gasteiger partial charge in [0.15, 0.2) is 5.69 Å². The van der Waals surface area contributed by atoms with Gasteiger partial charge in [0.2, 0.25) is 0 Å². The molecule has 4 rings (SSSR count). The standard InChI is InChI=1S/C19H18F3N5O2/c20-19(21,22)16-14-3-1-2-4-15(14)27(26-16)18-23-9-11(10-24-18)17(29)25-12-5-7-13(28)8-6-12/h1-4,9-10,12-13,28H,5-8H2,(H,25,29). The molecule has 1 saturated carbocycles. The van der Waals surface area contributed by atoms with Crippen molar-refractivity contribution in [1.29, 1.82) is 0 Å². The molecular formula is C19H18F3N5O2. The largest absolute Gasteiger partial charge is 0.435 e. The molecule has 2 N–H and O–H groups in total. The average Bonchev–Trinajstić information content (AvgIpc) is 3.10. The Morgan fingerprint density at radius 2 is 1.76 bits per heavy atom. The lowest BCUT2D eigenvalue weighted by atomic mass is 9.93. The highest BCUT2D eigenvalue weighted by molar-refractivity contribution is 5.93. The molecule has 29 heavy (non-hydrogen) atoms. The fourth-order valence-electron chi connectivity index (χ4n) is 3.46. The number of benzene rings is 1. The number of aromatic nitrogens is 4. The van der Waals surface area contributed by atoms with E-state index in [0.717, 1.165) is 4.68 Å². The van der Waals surface area contributed by atoms with Crippen LogP contribution in [0.25, 0.3) is 16.9 Å². The molecule has 0 unspecified atom stereocenters. The van der Waals surface area contributed by atoms with Crippen molar-refractivity contribution in [1.82, 2.24) is 25.1 Å². The number of para-hydroxylation sites is 1. The highest BCUT2D eigenvalue weighted by atomic mass is 19.4. The van der Waals surface area contributed by atoms with Crippen LogP contribution in [-0.2, 0) is 6.18 Å². The number of carbonyl (C=O) groups excluding carboxylic acids is 1. The number of carbonyl (C=O) groups is 1. The Morgan fingerprint density at radius 3 is 2.41 bits per heavy atom. The predicted molar refractivity (Wildman–Crippen MR) is 97.4 cm³/mol. The van der Waals surface area contributed by atoms with Crippen LogP contribution in [0.2, 0.25) is 0 Å². The van der Waals surface area contributed by atoms with Gasteiger partial charge >= 0.3 is 6.18 Å². The first kappa shape index (κ1) is 19.3. The van der Waals surface area contributed by atoms with Crippen molar-refractivity contribution in [2.75, 3.05) is 0 Å². The minimum absolute atomic E-state index is 0.0324. The van der Waals surface area contributed by atoms with E-state index in [4.69, 9.17) is 0 Å². The molecule has 1 aliphatic rings. The molecule has 2 heterocycles. The van der Waals surface area contributed by atoms with Crippen molar-refractivity contribution < 1.29 is 23.1 Å². The summed E-state index contributed by atoms with van der Waals surface area (Å²) in [6.07, 6.45) is 0.228. The number of nitrogens with one attached hydrogen (secondary N) is 1. The Balaban J connectivity index is 1.58. The van der Waals surface area contributed by atoms with Crippen LogP contribution in [0, 0.1) is 0 Å². The van der Waals surface area contributed by atoms with Crippen molar-refractivity contribution in [2.24, 2.45) is 0 Å². The zero-order valence-electron chi connectivity index (χ0n) is 15.2. The highest BCUT2D eigenvalue weighted by Gasteiger charge is 2.37. The Kier molecular flexibility index (Phi) is 4.95. The summed E-state index contributed by atoms with van der Waals surface area (Å²) < 4.78 is 40.9. The second-order valence-corrected chi connectivity index (χ2v) is 7.03. The Labute approximate surface area is 163 Å². The van der Waals surface area contributed by atoms with Gasteiger partial charge in [-0.05, 0) is 31.7 Å². The number of amides is 1. The lowest BCUT2D eigenvalue weighted by Crippen LogP contribution is -2.38. The molecule has 1 aromatic carbocycles. The van der Waals surface area contributed by atoms with Gasteiger partial charge in [-0.1, -0.05) is 18.2 Å². The normalized spacial score (nSPS) is 20.0. The molecule has 0 radical (unpaired) electrons. The fraction of sp³-hybridized carbons (Fsp3) is 0.368. The van der Waals surface area contributed by atoms with E-state index in [1.807, 2.05) is 0 Å². The summed E-state index contributed by atoms with van der Waals surface area (Å²) in [4.78, 5) is 20.4. The molecule has 3 aromatic rings. The van der Waals surface area contributed by atoms with Gasteiger partial charge < -0.3 is 10.4 Å². The molecule has 2 aromatic heterocycles. The van der Waals surface area contributed by atoms with Crippen LogP contribution in [0.3, 0.4) is 0 Å².